The summed E-state index contributed by atoms with van der Waals surface area (Å²) in [5.74, 6) is 0.585. The third-order valence-corrected chi connectivity index (χ3v) is 4.10. The second-order valence-corrected chi connectivity index (χ2v) is 6.40. The van der Waals surface area contributed by atoms with Gasteiger partial charge >= 0.3 is 0 Å². The maximum absolute atomic E-state index is 12.1. The molecular weight excluding hydrogens is 368 g/mol. The van der Waals surface area contributed by atoms with E-state index in [9.17, 15) is 9.59 Å². The molecule has 2 N–H and O–H groups in total. The summed E-state index contributed by atoms with van der Waals surface area (Å²) in [6, 6.07) is 12.3. The molecule has 0 aromatic heterocycles. The van der Waals surface area contributed by atoms with Crippen molar-refractivity contribution in [1.82, 2.24) is 5.32 Å². The second kappa shape index (κ2) is 8.60. The van der Waals surface area contributed by atoms with Crippen LogP contribution in [0.15, 0.2) is 48.0 Å². The number of hydrogen-bond donors (Lipinski definition) is 2. The summed E-state index contributed by atoms with van der Waals surface area (Å²) in [6.45, 7) is 2.52. The minimum Gasteiger partial charge on any atom is -0.486 e. The van der Waals surface area contributed by atoms with Crippen molar-refractivity contribution in [2.24, 2.45) is 0 Å². The Bertz CT molecular complexity index is 878. The molecule has 0 bridgehead atoms. The highest BCUT2D eigenvalue weighted by atomic mass is 35.5. The van der Waals surface area contributed by atoms with Crippen molar-refractivity contribution in [3.63, 3.8) is 0 Å². The second-order valence-electron chi connectivity index (χ2n) is 5.97. The molecule has 7 heteroatoms. The molecular formula is C20H19ClN2O4. The van der Waals surface area contributed by atoms with Crippen molar-refractivity contribution in [3.8, 4) is 11.5 Å². The molecule has 0 unspecified atom stereocenters. The lowest BCUT2D eigenvalue weighted by atomic mass is 10.1. The van der Waals surface area contributed by atoms with Gasteiger partial charge in [-0.15, -0.1) is 0 Å². The molecule has 27 heavy (non-hydrogen) atoms. The number of carbonyl (C=O) groups is 2. The summed E-state index contributed by atoms with van der Waals surface area (Å²) in [6.07, 6.45) is 1.73. The largest absolute Gasteiger partial charge is 0.486 e. The van der Waals surface area contributed by atoms with Crippen LogP contribution in [0, 0.1) is 0 Å². The Morgan fingerprint density at radius 1 is 1.07 bits per heavy atom. The Balaban J connectivity index is 1.52. The molecule has 2 aromatic carbocycles. The molecule has 2 aromatic rings. The minimum atomic E-state index is -0.334. The number of fused-ring (bicyclic) bond motifs is 1. The first-order valence-corrected chi connectivity index (χ1v) is 8.80. The number of hydrogen-bond acceptors (Lipinski definition) is 4. The van der Waals surface area contributed by atoms with Gasteiger partial charge in [-0.25, -0.2) is 0 Å². The summed E-state index contributed by atoms with van der Waals surface area (Å²) in [5.41, 5.74) is 1.92. The zero-order chi connectivity index (χ0) is 19.2. The topological polar surface area (TPSA) is 76.7 Å². The van der Waals surface area contributed by atoms with E-state index < -0.39 is 0 Å². The van der Waals surface area contributed by atoms with Crippen LogP contribution in [0.3, 0.4) is 0 Å². The predicted molar refractivity (Wildman–Crippen MR) is 104 cm³/mol. The first-order chi connectivity index (χ1) is 13.0. The Labute approximate surface area is 162 Å². The molecule has 0 radical (unpaired) electrons. The van der Waals surface area contributed by atoms with Crippen molar-refractivity contribution in [2.75, 3.05) is 25.1 Å². The lowest BCUT2D eigenvalue weighted by Gasteiger charge is -2.19. The Hall–Kier alpha value is -2.99. The van der Waals surface area contributed by atoms with E-state index in [4.69, 9.17) is 21.1 Å². The molecule has 1 aliphatic rings. The van der Waals surface area contributed by atoms with Crippen molar-refractivity contribution < 1.29 is 19.1 Å². The van der Waals surface area contributed by atoms with Gasteiger partial charge in [-0.1, -0.05) is 23.7 Å². The van der Waals surface area contributed by atoms with Gasteiger partial charge in [-0.05, 0) is 42.8 Å². The van der Waals surface area contributed by atoms with E-state index in [1.807, 2.05) is 12.1 Å². The quantitative estimate of drug-likeness (QED) is 0.773. The van der Waals surface area contributed by atoms with Crippen LogP contribution in [0.2, 0.25) is 5.02 Å². The first kappa shape index (κ1) is 18.8. The fourth-order valence-corrected chi connectivity index (χ4v) is 2.63. The number of nitrogens with one attached hydrogen (secondary N) is 2. The molecule has 0 saturated heterocycles. The SMILES string of the molecule is C/C(=C\c1ccc(Cl)cc1)C(=O)NCC(=O)Nc1ccc2c(c1)OCCO2. The standard InChI is InChI=1S/C20H19ClN2O4/c1-13(10-14-2-4-15(21)5-3-14)20(25)22-12-19(24)23-16-6-7-17-18(11-16)27-9-8-26-17/h2-7,10-11H,8-9,12H2,1H3,(H,22,25)(H,23,24)/b13-10+. The molecule has 0 aliphatic carbocycles. The number of ether oxygens (including phenoxy) is 2. The van der Waals surface area contributed by atoms with Gasteiger partial charge in [0.05, 0.1) is 6.54 Å². The fraction of sp³-hybridized carbons (Fsp3) is 0.200. The summed E-state index contributed by atoms with van der Waals surface area (Å²) in [5, 5.41) is 5.94. The van der Waals surface area contributed by atoms with Crippen LogP contribution in [-0.4, -0.2) is 31.6 Å². The smallest absolute Gasteiger partial charge is 0.247 e. The summed E-state index contributed by atoms with van der Waals surface area (Å²) >= 11 is 5.84. The number of halogens is 1. The van der Waals surface area contributed by atoms with Gasteiger partial charge in [0.1, 0.15) is 13.2 Å². The van der Waals surface area contributed by atoms with E-state index in [1.165, 1.54) is 0 Å². The normalized spacial score (nSPS) is 13.0. The van der Waals surface area contributed by atoms with E-state index in [1.54, 1.807) is 43.3 Å². The van der Waals surface area contributed by atoms with E-state index >= 15 is 0 Å². The van der Waals surface area contributed by atoms with Crippen LogP contribution in [-0.2, 0) is 9.59 Å². The van der Waals surface area contributed by atoms with Crippen molar-refractivity contribution in [1.29, 1.82) is 0 Å². The van der Waals surface area contributed by atoms with Crippen molar-refractivity contribution in [2.45, 2.75) is 6.92 Å². The van der Waals surface area contributed by atoms with Crippen LogP contribution in [0.1, 0.15) is 12.5 Å². The lowest BCUT2D eigenvalue weighted by molar-refractivity contribution is -0.121. The molecule has 0 atom stereocenters. The van der Waals surface area contributed by atoms with Crippen LogP contribution < -0.4 is 20.1 Å². The molecule has 1 heterocycles. The van der Waals surface area contributed by atoms with Crippen LogP contribution in [0.4, 0.5) is 5.69 Å². The molecule has 0 saturated carbocycles. The van der Waals surface area contributed by atoms with Gasteiger partial charge < -0.3 is 20.1 Å². The number of amides is 2. The maximum atomic E-state index is 12.1. The van der Waals surface area contributed by atoms with Crippen molar-refractivity contribution >= 4 is 35.2 Å². The molecule has 0 spiro atoms. The monoisotopic (exact) mass is 386 g/mol. The van der Waals surface area contributed by atoms with Crippen LogP contribution in [0.5, 0.6) is 11.5 Å². The number of rotatable bonds is 5. The third-order valence-electron chi connectivity index (χ3n) is 3.85. The lowest BCUT2D eigenvalue weighted by Crippen LogP contribution is -2.33. The zero-order valence-electron chi connectivity index (χ0n) is 14.8. The van der Waals surface area contributed by atoms with Crippen molar-refractivity contribution in [3.05, 3.63) is 58.6 Å². The van der Waals surface area contributed by atoms with Gasteiger partial charge in [0.15, 0.2) is 11.5 Å². The van der Waals surface area contributed by atoms with E-state index in [0.717, 1.165) is 5.56 Å². The van der Waals surface area contributed by atoms with Crippen LogP contribution >= 0.6 is 11.6 Å². The number of benzene rings is 2. The Kier molecular flexibility index (Phi) is 5.98. The van der Waals surface area contributed by atoms with Gasteiger partial charge in [-0.3, -0.25) is 9.59 Å². The van der Waals surface area contributed by atoms with E-state index in [-0.39, 0.29) is 18.4 Å². The molecule has 140 valence electrons. The highest BCUT2D eigenvalue weighted by molar-refractivity contribution is 6.30. The van der Waals surface area contributed by atoms with Crippen LogP contribution in [0.25, 0.3) is 6.08 Å². The number of anilines is 1. The first-order valence-electron chi connectivity index (χ1n) is 8.43. The Morgan fingerprint density at radius 2 is 1.78 bits per heavy atom. The number of carbonyl (C=O) groups excluding carboxylic acids is 2. The van der Waals surface area contributed by atoms with Gasteiger partial charge in [0.25, 0.3) is 0 Å². The van der Waals surface area contributed by atoms with E-state index in [2.05, 4.69) is 10.6 Å². The third kappa shape index (κ3) is 5.24. The summed E-state index contributed by atoms with van der Waals surface area (Å²) in [7, 11) is 0. The molecule has 1 aliphatic heterocycles. The predicted octanol–water partition coefficient (Wildman–Crippen LogP) is 3.27. The minimum absolute atomic E-state index is 0.140. The van der Waals surface area contributed by atoms with Gasteiger partial charge in [0, 0.05) is 22.3 Å². The zero-order valence-corrected chi connectivity index (χ0v) is 15.5. The highest BCUT2D eigenvalue weighted by Crippen LogP contribution is 2.32. The summed E-state index contributed by atoms with van der Waals surface area (Å²) < 4.78 is 10.9. The highest BCUT2D eigenvalue weighted by Gasteiger charge is 2.13. The fourth-order valence-electron chi connectivity index (χ4n) is 2.50. The maximum Gasteiger partial charge on any atom is 0.247 e. The Morgan fingerprint density at radius 3 is 2.52 bits per heavy atom. The van der Waals surface area contributed by atoms with Gasteiger partial charge in [-0.2, -0.15) is 0 Å². The average molecular weight is 387 g/mol. The van der Waals surface area contributed by atoms with E-state index in [0.29, 0.717) is 41.0 Å². The molecule has 6 nitrogen and oxygen atoms in total. The van der Waals surface area contributed by atoms with Gasteiger partial charge in [0.2, 0.25) is 11.8 Å². The molecule has 2 amide bonds. The average Bonchev–Trinajstić information content (AvgIpc) is 2.67. The summed E-state index contributed by atoms with van der Waals surface area (Å²) in [4.78, 5) is 24.2. The molecule has 0 fully saturated rings. The molecule has 3 rings (SSSR count).